The molecule has 26 heavy (non-hydrogen) atoms. The molecule has 0 spiro atoms. The number of aryl methyl sites for hydroxylation is 1. The summed E-state index contributed by atoms with van der Waals surface area (Å²) < 4.78 is 10.7. The second-order valence-electron chi connectivity index (χ2n) is 6.28. The van der Waals surface area contributed by atoms with E-state index in [0.717, 1.165) is 41.8 Å². The SMILES string of the molecule is Cc1nccc(N2CCN(C(=O)NCc3ccc4c(c3)OCO4)CC2)n1. The predicted octanol–water partition coefficient (Wildman–Crippen LogP) is 1.55. The van der Waals surface area contributed by atoms with Crippen molar-refractivity contribution >= 4 is 11.8 Å². The van der Waals surface area contributed by atoms with E-state index in [9.17, 15) is 4.79 Å². The van der Waals surface area contributed by atoms with Crippen LogP contribution in [0.4, 0.5) is 10.6 Å². The summed E-state index contributed by atoms with van der Waals surface area (Å²) >= 11 is 0. The molecule has 3 heterocycles. The number of hydrogen-bond donors (Lipinski definition) is 1. The van der Waals surface area contributed by atoms with Crippen LogP contribution in [0.15, 0.2) is 30.5 Å². The molecule has 2 aliphatic rings. The van der Waals surface area contributed by atoms with Crippen molar-refractivity contribution in [3.05, 3.63) is 41.9 Å². The molecule has 0 aliphatic carbocycles. The Morgan fingerprint density at radius 1 is 1.15 bits per heavy atom. The number of ether oxygens (including phenoxy) is 2. The van der Waals surface area contributed by atoms with Crippen LogP contribution in [0, 0.1) is 6.92 Å². The van der Waals surface area contributed by atoms with Crippen molar-refractivity contribution in [2.75, 3.05) is 37.9 Å². The first kappa shape index (κ1) is 16.4. The fourth-order valence-electron chi connectivity index (χ4n) is 3.10. The number of carbonyl (C=O) groups is 1. The van der Waals surface area contributed by atoms with Crippen molar-refractivity contribution in [1.82, 2.24) is 20.2 Å². The molecule has 1 saturated heterocycles. The molecule has 1 fully saturated rings. The highest BCUT2D eigenvalue weighted by Gasteiger charge is 2.22. The van der Waals surface area contributed by atoms with Gasteiger partial charge in [0.15, 0.2) is 11.5 Å². The molecule has 0 unspecified atom stereocenters. The van der Waals surface area contributed by atoms with Gasteiger partial charge in [0.25, 0.3) is 0 Å². The number of fused-ring (bicyclic) bond motifs is 1. The first-order chi connectivity index (χ1) is 12.7. The summed E-state index contributed by atoms with van der Waals surface area (Å²) in [7, 11) is 0. The summed E-state index contributed by atoms with van der Waals surface area (Å²) in [5.41, 5.74) is 0.984. The van der Waals surface area contributed by atoms with Gasteiger partial charge in [0.1, 0.15) is 11.6 Å². The topological polar surface area (TPSA) is 79.8 Å². The molecule has 0 saturated carbocycles. The van der Waals surface area contributed by atoms with E-state index in [-0.39, 0.29) is 12.8 Å². The minimum atomic E-state index is -0.0545. The van der Waals surface area contributed by atoms with Crippen molar-refractivity contribution in [2.45, 2.75) is 13.5 Å². The summed E-state index contributed by atoms with van der Waals surface area (Å²) in [4.78, 5) is 25.0. The molecule has 4 rings (SSSR count). The van der Waals surface area contributed by atoms with Crippen molar-refractivity contribution in [1.29, 1.82) is 0 Å². The maximum atomic E-state index is 12.4. The molecule has 1 aromatic heterocycles. The van der Waals surface area contributed by atoms with Crippen LogP contribution in [-0.2, 0) is 6.54 Å². The van der Waals surface area contributed by atoms with Crippen LogP contribution in [0.5, 0.6) is 11.5 Å². The Morgan fingerprint density at radius 2 is 1.96 bits per heavy atom. The van der Waals surface area contributed by atoms with Gasteiger partial charge in [-0.3, -0.25) is 0 Å². The molecule has 2 aromatic rings. The highest BCUT2D eigenvalue weighted by atomic mass is 16.7. The monoisotopic (exact) mass is 355 g/mol. The molecule has 0 bridgehead atoms. The lowest BCUT2D eigenvalue weighted by atomic mass is 10.2. The number of anilines is 1. The molecular weight excluding hydrogens is 334 g/mol. The molecule has 2 aliphatic heterocycles. The predicted molar refractivity (Wildman–Crippen MR) is 95.4 cm³/mol. The van der Waals surface area contributed by atoms with Crippen LogP contribution in [0.2, 0.25) is 0 Å². The second kappa shape index (κ2) is 7.07. The molecule has 0 atom stereocenters. The number of aromatic nitrogens is 2. The highest BCUT2D eigenvalue weighted by Crippen LogP contribution is 2.32. The Bertz CT molecular complexity index is 805. The Labute approximate surface area is 151 Å². The minimum Gasteiger partial charge on any atom is -0.454 e. The standard InChI is InChI=1S/C18H21N5O3/c1-13-19-5-4-17(21-13)22-6-8-23(9-7-22)18(24)20-11-14-2-3-15-16(10-14)26-12-25-15/h2-5,10H,6-9,11-12H2,1H3,(H,20,24). The fourth-order valence-corrected chi connectivity index (χ4v) is 3.10. The third-order valence-electron chi connectivity index (χ3n) is 4.53. The molecule has 2 amide bonds. The number of nitrogens with one attached hydrogen (secondary N) is 1. The van der Waals surface area contributed by atoms with E-state index < -0.39 is 0 Å². The zero-order valence-corrected chi connectivity index (χ0v) is 14.6. The van der Waals surface area contributed by atoms with E-state index in [2.05, 4.69) is 20.2 Å². The van der Waals surface area contributed by atoms with Crippen molar-refractivity contribution in [3.8, 4) is 11.5 Å². The smallest absolute Gasteiger partial charge is 0.317 e. The molecular formula is C18H21N5O3. The Morgan fingerprint density at radius 3 is 2.77 bits per heavy atom. The summed E-state index contributed by atoms with van der Waals surface area (Å²) in [5.74, 6) is 3.14. The van der Waals surface area contributed by atoms with Gasteiger partial charge in [-0.05, 0) is 30.7 Å². The number of nitrogens with zero attached hydrogens (tertiary/aromatic N) is 4. The lowest BCUT2D eigenvalue weighted by Crippen LogP contribution is -2.51. The van der Waals surface area contributed by atoms with E-state index in [1.165, 1.54) is 0 Å². The first-order valence-electron chi connectivity index (χ1n) is 8.65. The summed E-state index contributed by atoms with van der Waals surface area (Å²) in [6.45, 7) is 5.43. The first-order valence-corrected chi connectivity index (χ1v) is 8.65. The van der Waals surface area contributed by atoms with Crippen LogP contribution in [0.1, 0.15) is 11.4 Å². The number of rotatable bonds is 3. The molecule has 1 N–H and O–H groups in total. The normalized spacial score (nSPS) is 15.9. The second-order valence-corrected chi connectivity index (χ2v) is 6.28. The summed E-state index contributed by atoms with van der Waals surface area (Å²) in [6.07, 6.45) is 1.77. The lowest BCUT2D eigenvalue weighted by Gasteiger charge is -2.35. The average molecular weight is 355 g/mol. The van der Waals surface area contributed by atoms with E-state index in [1.807, 2.05) is 36.1 Å². The maximum Gasteiger partial charge on any atom is 0.317 e. The number of hydrogen-bond acceptors (Lipinski definition) is 6. The van der Waals surface area contributed by atoms with Gasteiger partial charge < -0.3 is 24.6 Å². The van der Waals surface area contributed by atoms with Gasteiger partial charge in [-0.1, -0.05) is 6.07 Å². The van der Waals surface area contributed by atoms with Crippen molar-refractivity contribution < 1.29 is 14.3 Å². The number of urea groups is 1. The number of piperazine rings is 1. The number of carbonyl (C=O) groups excluding carboxylic acids is 1. The Balaban J connectivity index is 1.28. The summed E-state index contributed by atoms with van der Waals surface area (Å²) in [6, 6.07) is 7.55. The third kappa shape index (κ3) is 3.49. The zero-order valence-electron chi connectivity index (χ0n) is 14.6. The lowest BCUT2D eigenvalue weighted by molar-refractivity contribution is 0.174. The molecule has 136 valence electrons. The Hall–Kier alpha value is -3.03. The molecule has 0 radical (unpaired) electrons. The fraction of sp³-hybridized carbons (Fsp3) is 0.389. The van der Waals surface area contributed by atoms with E-state index in [4.69, 9.17) is 9.47 Å². The van der Waals surface area contributed by atoms with Gasteiger partial charge in [-0.25, -0.2) is 14.8 Å². The van der Waals surface area contributed by atoms with E-state index in [1.54, 1.807) is 6.20 Å². The molecule has 8 heteroatoms. The van der Waals surface area contributed by atoms with Crippen LogP contribution in [-0.4, -0.2) is 53.9 Å². The van der Waals surface area contributed by atoms with Gasteiger partial charge >= 0.3 is 6.03 Å². The van der Waals surface area contributed by atoms with Gasteiger partial charge in [0, 0.05) is 38.9 Å². The van der Waals surface area contributed by atoms with Crippen LogP contribution >= 0.6 is 0 Å². The van der Waals surface area contributed by atoms with Gasteiger partial charge in [0.05, 0.1) is 0 Å². The van der Waals surface area contributed by atoms with Crippen molar-refractivity contribution in [2.24, 2.45) is 0 Å². The van der Waals surface area contributed by atoms with Crippen LogP contribution in [0.3, 0.4) is 0 Å². The van der Waals surface area contributed by atoms with Gasteiger partial charge in [-0.2, -0.15) is 0 Å². The quantitative estimate of drug-likeness (QED) is 0.900. The van der Waals surface area contributed by atoms with Gasteiger partial charge in [-0.15, -0.1) is 0 Å². The maximum absolute atomic E-state index is 12.4. The number of benzene rings is 1. The largest absolute Gasteiger partial charge is 0.454 e. The zero-order chi connectivity index (χ0) is 17.9. The minimum absolute atomic E-state index is 0.0545. The van der Waals surface area contributed by atoms with Crippen LogP contribution < -0.4 is 19.7 Å². The average Bonchev–Trinajstić information content (AvgIpc) is 3.14. The highest BCUT2D eigenvalue weighted by molar-refractivity contribution is 5.74. The summed E-state index contributed by atoms with van der Waals surface area (Å²) in [5, 5.41) is 2.97. The van der Waals surface area contributed by atoms with E-state index >= 15 is 0 Å². The third-order valence-corrected chi connectivity index (χ3v) is 4.53. The Kier molecular flexibility index (Phi) is 4.47. The molecule has 1 aromatic carbocycles. The van der Waals surface area contributed by atoms with Gasteiger partial charge in [0.2, 0.25) is 6.79 Å². The number of amides is 2. The van der Waals surface area contributed by atoms with Crippen molar-refractivity contribution in [3.63, 3.8) is 0 Å². The van der Waals surface area contributed by atoms with Crippen LogP contribution in [0.25, 0.3) is 0 Å². The van der Waals surface area contributed by atoms with E-state index in [0.29, 0.717) is 19.6 Å². The molecule has 8 nitrogen and oxygen atoms in total.